The van der Waals surface area contributed by atoms with Crippen LogP contribution in [0.3, 0.4) is 0 Å². The molecule has 0 saturated carbocycles. The van der Waals surface area contributed by atoms with Crippen LogP contribution >= 0.6 is 0 Å². The zero-order chi connectivity index (χ0) is 13.1. The molecule has 1 saturated heterocycles. The standard InChI is InChI=1S/C13H13NO4/c1-18-13(17)11-7-10(15)8-14(11)12(16)9-5-3-2-4-6-9/h2-6,11H,7-8H2,1H3/t11-/m0/s1. The number of carbonyl (C=O) groups is 3. The van der Waals surface area contributed by atoms with Crippen molar-refractivity contribution in [1.82, 2.24) is 4.90 Å². The molecule has 0 spiro atoms. The Hall–Kier alpha value is -2.17. The Kier molecular flexibility index (Phi) is 3.41. The van der Waals surface area contributed by atoms with Gasteiger partial charge in [-0.15, -0.1) is 0 Å². The number of esters is 1. The summed E-state index contributed by atoms with van der Waals surface area (Å²) in [7, 11) is 1.25. The predicted octanol–water partition coefficient (Wildman–Crippen LogP) is 0.643. The molecular weight excluding hydrogens is 234 g/mol. The number of rotatable bonds is 2. The molecule has 1 amide bonds. The van der Waals surface area contributed by atoms with Crippen LogP contribution in [0.5, 0.6) is 0 Å². The van der Waals surface area contributed by atoms with E-state index in [1.165, 1.54) is 12.0 Å². The first-order valence-corrected chi connectivity index (χ1v) is 5.59. The number of ether oxygens (including phenoxy) is 1. The molecular formula is C13H13NO4. The number of likely N-dealkylation sites (tertiary alicyclic amines) is 1. The van der Waals surface area contributed by atoms with E-state index in [0.29, 0.717) is 5.56 Å². The summed E-state index contributed by atoms with van der Waals surface area (Å²) in [5, 5.41) is 0. The van der Waals surface area contributed by atoms with E-state index in [-0.39, 0.29) is 24.7 Å². The Labute approximate surface area is 104 Å². The second kappa shape index (κ2) is 5.00. The molecule has 1 atom stereocenters. The van der Waals surface area contributed by atoms with Crippen molar-refractivity contribution in [2.45, 2.75) is 12.5 Å². The molecule has 1 aliphatic rings. The van der Waals surface area contributed by atoms with Gasteiger partial charge in [0.25, 0.3) is 5.91 Å². The average Bonchev–Trinajstić information content (AvgIpc) is 2.80. The number of Topliss-reactive ketones (excluding diaryl/α,β-unsaturated/α-hetero) is 1. The van der Waals surface area contributed by atoms with Gasteiger partial charge in [0.2, 0.25) is 0 Å². The molecule has 0 aliphatic carbocycles. The summed E-state index contributed by atoms with van der Waals surface area (Å²) in [5.74, 6) is -1.00. The Bertz CT molecular complexity index is 483. The minimum atomic E-state index is -0.796. The van der Waals surface area contributed by atoms with Gasteiger partial charge in [0.15, 0.2) is 5.78 Å². The van der Waals surface area contributed by atoms with Crippen LogP contribution in [0.1, 0.15) is 16.8 Å². The van der Waals surface area contributed by atoms with E-state index in [9.17, 15) is 14.4 Å². The largest absolute Gasteiger partial charge is 0.467 e. The summed E-state index contributed by atoms with van der Waals surface area (Å²) in [6.45, 7) is -0.0342. The van der Waals surface area contributed by atoms with E-state index in [4.69, 9.17) is 0 Å². The number of nitrogens with zero attached hydrogens (tertiary/aromatic N) is 1. The molecule has 0 unspecified atom stereocenters. The third-order valence-corrected chi connectivity index (χ3v) is 2.90. The van der Waals surface area contributed by atoms with Crippen molar-refractivity contribution in [3.05, 3.63) is 35.9 Å². The lowest BCUT2D eigenvalue weighted by Crippen LogP contribution is -2.41. The normalized spacial score (nSPS) is 18.8. The van der Waals surface area contributed by atoms with Gasteiger partial charge < -0.3 is 9.64 Å². The molecule has 1 heterocycles. The van der Waals surface area contributed by atoms with Crippen LogP contribution < -0.4 is 0 Å². The van der Waals surface area contributed by atoms with E-state index in [0.717, 1.165) is 0 Å². The van der Waals surface area contributed by atoms with E-state index < -0.39 is 12.0 Å². The minimum absolute atomic E-state index is 0.0330. The molecule has 18 heavy (non-hydrogen) atoms. The predicted molar refractivity (Wildman–Crippen MR) is 62.9 cm³/mol. The highest BCUT2D eigenvalue weighted by Crippen LogP contribution is 2.18. The molecule has 1 aliphatic heterocycles. The molecule has 1 aromatic carbocycles. The lowest BCUT2D eigenvalue weighted by molar-refractivity contribution is -0.145. The second-order valence-corrected chi connectivity index (χ2v) is 4.08. The highest BCUT2D eigenvalue weighted by molar-refractivity contribution is 6.03. The number of carbonyl (C=O) groups excluding carboxylic acids is 3. The Balaban J connectivity index is 2.23. The number of hydrogen-bond acceptors (Lipinski definition) is 4. The molecule has 94 valence electrons. The van der Waals surface area contributed by atoms with Gasteiger partial charge in [-0.3, -0.25) is 9.59 Å². The van der Waals surface area contributed by atoms with Gasteiger partial charge in [0.05, 0.1) is 13.7 Å². The number of hydrogen-bond donors (Lipinski definition) is 0. The molecule has 5 nitrogen and oxygen atoms in total. The molecule has 2 rings (SSSR count). The van der Waals surface area contributed by atoms with Crippen molar-refractivity contribution in [1.29, 1.82) is 0 Å². The van der Waals surface area contributed by atoms with Gasteiger partial charge in [0, 0.05) is 12.0 Å². The van der Waals surface area contributed by atoms with Crippen molar-refractivity contribution in [2.24, 2.45) is 0 Å². The maximum absolute atomic E-state index is 12.2. The fourth-order valence-corrected chi connectivity index (χ4v) is 2.00. The molecule has 1 aromatic rings. The first-order valence-electron chi connectivity index (χ1n) is 5.59. The highest BCUT2D eigenvalue weighted by Gasteiger charge is 2.39. The van der Waals surface area contributed by atoms with Crippen molar-refractivity contribution in [3.8, 4) is 0 Å². The molecule has 0 N–H and O–H groups in total. The third-order valence-electron chi connectivity index (χ3n) is 2.90. The first-order chi connectivity index (χ1) is 8.63. The van der Waals surface area contributed by atoms with E-state index >= 15 is 0 Å². The van der Waals surface area contributed by atoms with Crippen LogP contribution in [0.2, 0.25) is 0 Å². The number of amides is 1. The SMILES string of the molecule is COC(=O)[C@@H]1CC(=O)CN1C(=O)c1ccccc1. The van der Waals surface area contributed by atoms with E-state index in [1.54, 1.807) is 30.3 Å². The fourth-order valence-electron chi connectivity index (χ4n) is 2.00. The Morgan fingerprint density at radius 3 is 2.56 bits per heavy atom. The average molecular weight is 247 g/mol. The van der Waals surface area contributed by atoms with Crippen LogP contribution in [-0.4, -0.2) is 42.3 Å². The Morgan fingerprint density at radius 1 is 1.28 bits per heavy atom. The lowest BCUT2D eigenvalue weighted by atomic mass is 10.1. The molecule has 0 bridgehead atoms. The molecule has 5 heteroatoms. The third kappa shape index (κ3) is 2.25. The highest BCUT2D eigenvalue weighted by atomic mass is 16.5. The van der Waals surface area contributed by atoms with Crippen LogP contribution in [0.25, 0.3) is 0 Å². The topological polar surface area (TPSA) is 63.7 Å². The van der Waals surface area contributed by atoms with Gasteiger partial charge in [-0.2, -0.15) is 0 Å². The number of benzene rings is 1. The summed E-state index contributed by atoms with van der Waals surface area (Å²) < 4.78 is 4.61. The molecule has 0 radical (unpaired) electrons. The van der Waals surface area contributed by atoms with Gasteiger partial charge in [0.1, 0.15) is 6.04 Å². The summed E-state index contributed by atoms with van der Waals surface area (Å²) >= 11 is 0. The number of ketones is 1. The molecule has 0 aromatic heterocycles. The maximum Gasteiger partial charge on any atom is 0.329 e. The van der Waals surface area contributed by atoms with Crippen LogP contribution in [0, 0.1) is 0 Å². The van der Waals surface area contributed by atoms with Crippen LogP contribution in [0.4, 0.5) is 0 Å². The summed E-state index contributed by atoms with van der Waals surface area (Å²) in [6, 6.07) is 7.77. The zero-order valence-corrected chi connectivity index (χ0v) is 9.96. The van der Waals surface area contributed by atoms with E-state index in [1.807, 2.05) is 0 Å². The number of methoxy groups -OCH3 is 1. The second-order valence-electron chi connectivity index (χ2n) is 4.08. The van der Waals surface area contributed by atoms with Gasteiger partial charge >= 0.3 is 5.97 Å². The summed E-state index contributed by atoms with van der Waals surface area (Å²) in [6.07, 6.45) is 0.0330. The van der Waals surface area contributed by atoms with Crippen LogP contribution in [-0.2, 0) is 14.3 Å². The molecule has 1 fully saturated rings. The monoisotopic (exact) mass is 247 g/mol. The van der Waals surface area contributed by atoms with Crippen LogP contribution in [0.15, 0.2) is 30.3 Å². The minimum Gasteiger partial charge on any atom is -0.467 e. The van der Waals surface area contributed by atoms with Crippen molar-refractivity contribution < 1.29 is 19.1 Å². The van der Waals surface area contributed by atoms with Crippen molar-refractivity contribution in [2.75, 3.05) is 13.7 Å². The lowest BCUT2D eigenvalue weighted by Gasteiger charge is -2.21. The van der Waals surface area contributed by atoms with E-state index in [2.05, 4.69) is 4.74 Å². The first kappa shape index (κ1) is 12.3. The van der Waals surface area contributed by atoms with Gasteiger partial charge in [-0.1, -0.05) is 18.2 Å². The van der Waals surface area contributed by atoms with Crippen molar-refractivity contribution >= 4 is 17.7 Å². The summed E-state index contributed by atoms with van der Waals surface area (Å²) in [4.78, 5) is 36.4. The van der Waals surface area contributed by atoms with Gasteiger partial charge in [-0.05, 0) is 12.1 Å². The Morgan fingerprint density at radius 2 is 1.94 bits per heavy atom. The van der Waals surface area contributed by atoms with Gasteiger partial charge in [-0.25, -0.2) is 4.79 Å². The fraction of sp³-hybridized carbons (Fsp3) is 0.308. The smallest absolute Gasteiger partial charge is 0.329 e. The zero-order valence-electron chi connectivity index (χ0n) is 9.96. The maximum atomic E-state index is 12.2. The quantitative estimate of drug-likeness (QED) is 0.719. The van der Waals surface area contributed by atoms with Crippen molar-refractivity contribution in [3.63, 3.8) is 0 Å². The summed E-state index contributed by atoms with van der Waals surface area (Å²) in [5.41, 5.74) is 0.459.